The molecule has 186 valence electrons. The van der Waals surface area contributed by atoms with Crippen LogP contribution in [0, 0.1) is 0 Å². The maximum absolute atomic E-state index is 5.22. The number of hydrogen-bond donors (Lipinski definition) is 0. The van der Waals surface area contributed by atoms with Gasteiger partial charge in [0, 0.05) is 34.9 Å². The van der Waals surface area contributed by atoms with Gasteiger partial charge in [-0.05, 0) is 75.5 Å². The number of pyridine rings is 3. The molecular formula is C35H21N5. The predicted octanol–water partition coefficient (Wildman–Crippen LogP) is 8.28. The Balaban J connectivity index is 1.43. The highest BCUT2D eigenvalue weighted by atomic mass is 14.9. The van der Waals surface area contributed by atoms with E-state index in [9.17, 15) is 0 Å². The molecule has 4 aromatic carbocycles. The van der Waals surface area contributed by atoms with Crippen molar-refractivity contribution in [1.82, 2.24) is 24.9 Å². The Bertz CT molecular complexity index is 2150. The Morgan fingerprint density at radius 3 is 1.60 bits per heavy atom. The van der Waals surface area contributed by atoms with E-state index in [1.165, 1.54) is 21.5 Å². The molecule has 0 aliphatic heterocycles. The average molecular weight is 512 g/mol. The zero-order valence-electron chi connectivity index (χ0n) is 21.4. The van der Waals surface area contributed by atoms with E-state index >= 15 is 0 Å². The first kappa shape index (κ1) is 22.4. The molecular weight excluding hydrogens is 490 g/mol. The third kappa shape index (κ3) is 3.68. The van der Waals surface area contributed by atoms with Gasteiger partial charge in [-0.25, -0.2) is 15.0 Å². The Hall–Kier alpha value is -5.55. The van der Waals surface area contributed by atoms with Gasteiger partial charge in [0.15, 0.2) is 5.82 Å². The number of nitrogens with zero attached hydrogens (tertiary/aromatic N) is 5. The van der Waals surface area contributed by atoms with E-state index in [4.69, 9.17) is 15.0 Å². The predicted molar refractivity (Wildman–Crippen MR) is 162 cm³/mol. The lowest BCUT2D eigenvalue weighted by Gasteiger charge is -2.13. The van der Waals surface area contributed by atoms with Crippen molar-refractivity contribution in [2.45, 2.75) is 0 Å². The summed E-state index contributed by atoms with van der Waals surface area (Å²) in [7, 11) is 0. The normalized spacial score (nSPS) is 11.5. The van der Waals surface area contributed by atoms with Gasteiger partial charge >= 0.3 is 0 Å². The maximum atomic E-state index is 5.22. The molecule has 0 atom stereocenters. The lowest BCUT2D eigenvalue weighted by atomic mass is 9.95. The van der Waals surface area contributed by atoms with Crippen molar-refractivity contribution in [1.29, 1.82) is 0 Å². The summed E-state index contributed by atoms with van der Waals surface area (Å²) in [5.41, 5.74) is 4.85. The molecule has 0 N–H and O–H groups in total. The largest absolute Gasteiger partial charge is 0.255 e. The molecule has 40 heavy (non-hydrogen) atoms. The van der Waals surface area contributed by atoms with Gasteiger partial charge in [-0.15, -0.1) is 0 Å². The van der Waals surface area contributed by atoms with Crippen molar-refractivity contribution in [3.63, 3.8) is 0 Å². The molecule has 0 fully saturated rings. The molecule has 8 aromatic rings. The van der Waals surface area contributed by atoms with Gasteiger partial charge in [-0.1, -0.05) is 60.7 Å². The van der Waals surface area contributed by atoms with Crippen molar-refractivity contribution in [2.24, 2.45) is 0 Å². The summed E-state index contributed by atoms with van der Waals surface area (Å²) in [5, 5.41) is 8.07. The summed E-state index contributed by atoms with van der Waals surface area (Å²) >= 11 is 0. The Morgan fingerprint density at radius 1 is 0.400 bits per heavy atom. The minimum absolute atomic E-state index is 0.633. The molecule has 0 amide bonds. The highest BCUT2D eigenvalue weighted by molar-refractivity contribution is 6.26. The average Bonchev–Trinajstić information content (AvgIpc) is 3.04. The molecule has 0 radical (unpaired) electrons. The highest BCUT2D eigenvalue weighted by Gasteiger charge is 2.15. The van der Waals surface area contributed by atoms with Crippen molar-refractivity contribution in [3.05, 3.63) is 128 Å². The van der Waals surface area contributed by atoms with E-state index in [-0.39, 0.29) is 0 Å². The van der Waals surface area contributed by atoms with E-state index in [2.05, 4.69) is 70.6 Å². The van der Waals surface area contributed by atoms with Crippen LogP contribution in [0.2, 0.25) is 0 Å². The van der Waals surface area contributed by atoms with Crippen molar-refractivity contribution in [2.75, 3.05) is 0 Å². The molecule has 0 unspecified atom stereocenters. The first-order valence-electron chi connectivity index (χ1n) is 13.2. The molecule has 0 aliphatic carbocycles. The SMILES string of the molecule is c1ccc(-c2cc(-c3ncc4c5ccccc5c5cc6ccccc6cc5c4n3)cc(-c3ccccn3)n2)nc1. The summed E-state index contributed by atoms with van der Waals surface area (Å²) in [6, 6.07) is 37.2. The van der Waals surface area contributed by atoms with Crippen LogP contribution < -0.4 is 0 Å². The third-order valence-electron chi connectivity index (χ3n) is 7.38. The second-order valence-corrected chi connectivity index (χ2v) is 9.80. The van der Waals surface area contributed by atoms with Crippen LogP contribution in [0.25, 0.3) is 77.4 Å². The van der Waals surface area contributed by atoms with Gasteiger partial charge in [0.25, 0.3) is 0 Å². The van der Waals surface area contributed by atoms with Crippen LogP contribution in [-0.4, -0.2) is 24.9 Å². The van der Waals surface area contributed by atoms with Gasteiger partial charge in [-0.3, -0.25) is 9.97 Å². The fraction of sp³-hybridized carbons (Fsp3) is 0. The summed E-state index contributed by atoms with van der Waals surface area (Å²) in [6.45, 7) is 0. The Kier molecular flexibility index (Phi) is 5.07. The molecule has 0 spiro atoms. The summed E-state index contributed by atoms with van der Waals surface area (Å²) in [6.07, 6.45) is 5.51. The summed E-state index contributed by atoms with van der Waals surface area (Å²) in [5.74, 6) is 0.633. The standard InChI is InChI=1S/C35H21N5/c1-2-10-23-18-28-27(17-22(23)9-1)25-11-3-4-12-26(25)29-21-38-35(40-34(28)29)24-19-32(30-13-5-7-15-36-30)39-33(20-24)31-14-6-8-16-37-31/h1-21H. The van der Waals surface area contributed by atoms with E-state index in [0.29, 0.717) is 5.82 Å². The molecule has 4 heterocycles. The molecule has 8 rings (SSSR count). The lowest BCUT2D eigenvalue weighted by Crippen LogP contribution is -1.97. The Labute approximate surface area is 229 Å². The molecule has 4 aromatic heterocycles. The number of fused-ring (bicyclic) bond motifs is 7. The third-order valence-corrected chi connectivity index (χ3v) is 7.38. The van der Waals surface area contributed by atoms with Gasteiger partial charge in [-0.2, -0.15) is 0 Å². The monoisotopic (exact) mass is 511 g/mol. The van der Waals surface area contributed by atoms with E-state index in [1.807, 2.05) is 54.7 Å². The van der Waals surface area contributed by atoms with Gasteiger partial charge in [0.05, 0.1) is 28.3 Å². The second-order valence-electron chi connectivity index (χ2n) is 9.80. The summed E-state index contributed by atoms with van der Waals surface area (Å²) < 4.78 is 0. The smallest absolute Gasteiger partial charge is 0.159 e. The van der Waals surface area contributed by atoms with Crippen LogP contribution in [-0.2, 0) is 0 Å². The highest BCUT2D eigenvalue weighted by Crippen LogP contribution is 2.37. The zero-order chi connectivity index (χ0) is 26.5. The fourth-order valence-corrected chi connectivity index (χ4v) is 5.49. The first-order chi connectivity index (χ1) is 19.8. The molecule has 0 saturated heterocycles. The number of rotatable bonds is 3. The van der Waals surface area contributed by atoms with Crippen molar-refractivity contribution < 1.29 is 0 Å². The maximum Gasteiger partial charge on any atom is 0.159 e. The lowest BCUT2D eigenvalue weighted by molar-refractivity contribution is 1.19. The van der Waals surface area contributed by atoms with Crippen molar-refractivity contribution in [3.8, 4) is 34.2 Å². The molecule has 5 heteroatoms. The molecule has 0 bridgehead atoms. The van der Waals surface area contributed by atoms with Gasteiger partial charge < -0.3 is 0 Å². The van der Waals surface area contributed by atoms with E-state index in [1.54, 1.807) is 12.4 Å². The number of aromatic nitrogens is 5. The minimum Gasteiger partial charge on any atom is -0.255 e. The van der Waals surface area contributed by atoms with Crippen LogP contribution in [0.3, 0.4) is 0 Å². The van der Waals surface area contributed by atoms with Crippen molar-refractivity contribution >= 4 is 43.2 Å². The van der Waals surface area contributed by atoms with Gasteiger partial charge in [0.2, 0.25) is 0 Å². The number of benzene rings is 4. The Morgan fingerprint density at radius 2 is 0.975 bits per heavy atom. The van der Waals surface area contributed by atoms with Crippen LogP contribution >= 0.6 is 0 Å². The van der Waals surface area contributed by atoms with Gasteiger partial charge in [0.1, 0.15) is 0 Å². The van der Waals surface area contributed by atoms with Crippen LogP contribution in [0.5, 0.6) is 0 Å². The topological polar surface area (TPSA) is 64.5 Å². The molecule has 5 nitrogen and oxygen atoms in total. The fourth-order valence-electron chi connectivity index (χ4n) is 5.49. The quantitative estimate of drug-likeness (QED) is 0.176. The second kappa shape index (κ2) is 9.03. The van der Waals surface area contributed by atoms with Crippen LogP contribution in [0.15, 0.2) is 128 Å². The van der Waals surface area contributed by atoms with E-state index in [0.717, 1.165) is 50.0 Å². The minimum atomic E-state index is 0.633. The van der Waals surface area contributed by atoms with E-state index < -0.39 is 0 Å². The molecule has 0 saturated carbocycles. The first-order valence-corrected chi connectivity index (χ1v) is 13.2. The molecule has 0 aliphatic rings. The van der Waals surface area contributed by atoms with Crippen LogP contribution in [0.4, 0.5) is 0 Å². The zero-order valence-corrected chi connectivity index (χ0v) is 21.4. The number of hydrogen-bond acceptors (Lipinski definition) is 5. The van der Waals surface area contributed by atoms with Crippen LogP contribution in [0.1, 0.15) is 0 Å². The summed E-state index contributed by atoms with van der Waals surface area (Å²) in [4.78, 5) is 24.1.